The molecule has 3 rings (SSSR count). The predicted molar refractivity (Wildman–Crippen MR) is 85.7 cm³/mol. The molecule has 2 aromatic heterocycles. The number of aromatic nitrogens is 2. The largest absolute Gasteiger partial charge is 2.00 e. The van der Waals surface area contributed by atoms with Gasteiger partial charge < -0.3 is 31.0 Å². The summed E-state index contributed by atoms with van der Waals surface area (Å²) in [5.41, 5.74) is 1.95. The van der Waals surface area contributed by atoms with E-state index in [0.717, 1.165) is 21.8 Å². The smallest absolute Gasteiger partial charge is 0.759 e. The molecule has 10 nitrogen and oxygen atoms in total. The summed E-state index contributed by atoms with van der Waals surface area (Å²) < 4.78 is 34.1. The van der Waals surface area contributed by atoms with E-state index in [4.69, 9.17) is 17.5 Å². The third-order valence-corrected chi connectivity index (χ3v) is 2.34. The van der Waals surface area contributed by atoms with E-state index in [1.54, 1.807) is 12.4 Å². The van der Waals surface area contributed by atoms with Crippen molar-refractivity contribution in [2.75, 3.05) is 0 Å². The first-order valence-corrected chi connectivity index (χ1v) is 6.53. The van der Waals surface area contributed by atoms with Crippen LogP contribution in [0.5, 0.6) is 0 Å². The molecule has 0 saturated carbocycles. The van der Waals surface area contributed by atoms with Crippen LogP contribution in [0.25, 0.3) is 21.8 Å². The van der Waals surface area contributed by atoms with E-state index in [0.29, 0.717) is 0 Å². The zero-order valence-corrected chi connectivity index (χ0v) is 13.9. The van der Waals surface area contributed by atoms with E-state index in [1.165, 1.54) is 0 Å². The Labute approximate surface area is 147 Å². The maximum atomic E-state index is 8.52. The Morgan fingerprint density at radius 3 is 1.33 bits per heavy atom. The number of pyridine rings is 2. The fourth-order valence-electron chi connectivity index (χ4n) is 1.68. The Kier molecular flexibility index (Phi) is 15.9. The fraction of sp³-hybridized carbons (Fsp3) is 0. The van der Waals surface area contributed by atoms with E-state index < -0.39 is 10.4 Å². The van der Waals surface area contributed by atoms with Crippen molar-refractivity contribution in [1.29, 1.82) is 0 Å². The van der Waals surface area contributed by atoms with Crippen molar-refractivity contribution in [3.8, 4) is 0 Å². The topological polar surface area (TPSA) is 237 Å². The number of hydrogen-bond donors (Lipinski definition) is 0. The number of fused-ring (bicyclic) bond motifs is 3. The number of nitrogens with zero attached hydrogens (tertiary/aromatic N) is 2. The normalized spacial score (nSPS) is 8.75. The van der Waals surface area contributed by atoms with Crippen LogP contribution in [0.15, 0.2) is 48.8 Å². The molecule has 12 heteroatoms. The summed E-state index contributed by atoms with van der Waals surface area (Å²) in [4.78, 5) is 8.69. The van der Waals surface area contributed by atoms with Crippen molar-refractivity contribution >= 4 is 32.2 Å². The second-order valence-electron chi connectivity index (χ2n) is 3.62. The van der Waals surface area contributed by atoms with Crippen LogP contribution >= 0.6 is 0 Å². The van der Waals surface area contributed by atoms with Crippen molar-refractivity contribution in [3.63, 3.8) is 0 Å². The van der Waals surface area contributed by atoms with Crippen LogP contribution in [0.2, 0.25) is 0 Å². The van der Waals surface area contributed by atoms with Gasteiger partial charge in [-0.25, -0.2) is 0 Å². The van der Waals surface area contributed by atoms with Crippen LogP contribution in [0, 0.1) is 0 Å². The molecule has 0 spiro atoms. The second kappa shape index (κ2) is 12.6. The maximum Gasteiger partial charge on any atom is 2.00 e. The molecular formula is C12H19N2NiO8S+3. The van der Waals surface area contributed by atoms with Gasteiger partial charge in [-0.15, -0.1) is 0 Å². The number of rotatable bonds is 0. The van der Waals surface area contributed by atoms with Crippen molar-refractivity contribution < 1.29 is 55.9 Å². The van der Waals surface area contributed by atoms with Crippen molar-refractivity contribution in [2.45, 2.75) is 0 Å². The standard InChI is InChI=1S/C12H8N2.Ni.H2O4S.4H2O/c1-3-9-5-6-10-4-2-8-14-12(10)11(9)13-7-1;;1-5(2,3)4;;;;/h1-8H;;(H2,1,2,3,4);4*1H2/q;+2;;;;;/p+1. The Bertz CT molecular complexity index is 769. The first kappa shape index (κ1) is 30.2. The average molecular weight is 410 g/mol. The van der Waals surface area contributed by atoms with E-state index >= 15 is 0 Å². The summed E-state index contributed by atoms with van der Waals surface area (Å²) in [5, 5.41) is 2.28. The zero-order chi connectivity index (χ0) is 13.9. The molecule has 3 aromatic rings. The van der Waals surface area contributed by atoms with Crippen LogP contribution < -0.4 is 0 Å². The van der Waals surface area contributed by atoms with Crippen LogP contribution in [-0.2, 0) is 43.3 Å². The zero-order valence-electron chi connectivity index (χ0n) is 12.1. The molecule has 0 aliphatic carbocycles. The summed E-state index contributed by atoms with van der Waals surface area (Å²) in [6.07, 6.45) is 3.60. The molecule has 138 valence electrons. The summed E-state index contributed by atoms with van der Waals surface area (Å²) in [7, 11) is -5.17. The van der Waals surface area contributed by atoms with E-state index in [9.17, 15) is 0 Å². The van der Waals surface area contributed by atoms with Gasteiger partial charge in [0.2, 0.25) is 0 Å². The van der Waals surface area contributed by atoms with Crippen LogP contribution in [-0.4, -0.2) is 33.0 Å². The molecule has 2 heterocycles. The summed E-state index contributed by atoms with van der Waals surface area (Å²) in [6, 6.07) is 12.1. The Balaban J connectivity index is -0.000000181. The molecule has 0 fully saturated rings. The van der Waals surface area contributed by atoms with Gasteiger partial charge in [-0.2, -0.15) is 0 Å². The molecule has 0 aliphatic heterocycles. The van der Waals surface area contributed by atoms with Gasteiger partial charge in [-0.3, -0.25) is 18.4 Å². The molecule has 1 aromatic carbocycles. The number of benzene rings is 1. The van der Waals surface area contributed by atoms with Gasteiger partial charge >= 0.3 is 16.5 Å². The van der Waals surface area contributed by atoms with Gasteiger partial charge in [-0.1, -0.05) is 24.3 Å². The van der Waals surface area contributed by atoms with Crippen molar-refractivity contribution in [2.24, 2.45) is 0 Å². The molecule has 0 bridgehead atoms. The number of hydrogen-bond acceptors (Lipinski definition) is 6. The molecule has 0 radical (unpaired) electrons. The van der Waals surface area contributed by atoms with Crippen LogP contribution in [0.3, 0.4) is 0 Å². The third-order valence-electron chi connectivity index (χ3n) is 2.34. The molecule has 11 N–H and O–H groups in total. The van der Waals surface area contributed by atoms with Crippen LogP contribution in [0.1, 0.15) is 0 Å². The van der Waals surface area contributed by atoms with Gasteiger partial charge in [0, 0.05) is 33.6 Å². The van der Waals surface area contributed by atoms with Gasteiger partial charge in [0.05, 0.1) is 11.0 Å². The molecule has 24 heavy (non-hydrogen) atoms. The minimum atomic E-state index is -5.17. The Hall–Kier alpha value is -1.76. The van der Waals surface area contributed by atoms with Gasteiger partial charge in [0.1, 0.15) is 0 Å². The van der Waals surface area contributed by atoms with Crippen LogP contribution in [0.4, 0.5) is 0 Å². The SMILES string of the molecule is O.O=S(=O)([O-])[O-].[Ni+2].[OH3+].[OH3+].[OH3+].c1cnc2c(c1)ccc1cccnc12. The van der Waals surface area contributed by atoms with E-state index in [1.807, 2.05) is 12.1 Å². The van der Waals surface area contributed by atoms with Gasteiger partial charge in [-0.05, 0) is 12.1 Å². The molecular weight excluding hydrogens is 391 g/mol. The third kappa shape index (κ3) is 8.77. The monoisotopic (exact) mass is 409 g/mol. The van der Waals surface area contributed by atoms with E-state index in [2.05, 4.69) is 34.2 Å². The minimum absolute atomic E-state index is 0. The quantitative estimate of drug-likeness (QED) is 0.131. The first-order valence-electron chi connectivity index (χ1n) is 5.20. The fourth-order valence-corrected chi connectivity index (χ4v) is 1.68. The average Bonchev–Trinajstić information content (AvgIpc) is 2.37. The minimum Gasteiger partial charge on any atom is -0.759 e. The van der Waals surface area contributed by atoms with Gasteiger partial charge in [0.25, 0.3) is 0 Å². The van der Waals surface area contributed by atoms with Gasteiger partial charge in [0.15, 0.2) is 0 Å². The summed E-state index contributed by atoms with van der Waals surface area (Å²) in [6.45, 7) is 0. The van der Waals surface area contributed by atoms with Crippen molar-refractivity contribution in [1.82, 2.24) is 9.97 Å². The summed E-state index contributed by atoms with van der Waals surface area (Å²) in [5.74, 6) is 0. The molecule has 0 atom stereocenters. The second-order valence-corrected chi connectivity index (χ2v) is 4.44. The molecule has 0 aliphatic rings. The van der Waals surface area contributed by atoms with Crippen molar-refractivity contribution in [3.05, 3.63) is 48.8 Å². The molecule has 0 unspecified atom stereocenters. The predicted octanol–water partition coefficient (Wildman–Crippen LogP) is -2.15. The Morgan fingerprint density at radius 1 is 0.750 bits per heavy atom. The maximum absolute atomic E-state index is 8.52. The van der Waals surface area contributed by atoms with E-state index in [-0.39, 0.29) is 38.4 Å². The Morgan fingerprint density at radius 2 is 1.04 bits per heavy atom. The molecule has 0 saturated heterocycles. The first-order chi connectivity index (χ1) is 8.95. The molecule has 0 amide bonds. The summed E-state index contributed by atoms with van der Waals surface area (Å²) >= 11 is 0.